The molecule has 5 rings (SSSR count). The zero-order valence-electron chi connectivity index (χ0n) is 18.1. The van der Waals surface area contributed by atoms with Gasteiger partial charge in [-0.3, -0.25) is 10.1 Å². The van der Waals surface area contributed by atoms with E-state index in [-0.39, 0.29) is 11.0 Å². The summed E-state index contributed by atoms with van der Waals surface area (Å²) in [6.45, 7) is 0.474. The standard InChI is InChI=1S/C27H20N4O2S/c32-25(21-14-12-20(13-15-21)19-5-2-1-3-6-19)31-27(34)29-17-18-8-10-22(11-9-18)26-30-24-23(33-26)7-4-16-28-24/h1-16H,17H2,(H2,29,31,32,34). The smallest absolute Gasteiger partial charge is 0.257 e. The Kier molecular flexibility index (Phi) is 6.09. The molecule has 0 fully saturated rings. The molecule has 2 aromatic heterocycles. The van der Waals surface area contributed by atoms with Gasteiger partial charge in [-0.2, -0.15) is 4.98 Å². The Morgan fingerprint density at radius 2 is 1.53 bits per heavy atom. The first-order valence-corrected chi connectivity index (χ1v) is 11.1. The summed E-state index contributed by atoms with van der Waals surface area (Å²) in [5, 5.41) is 6.06. The van der Waals surface area contributed by atoms with Crippen molar-refractivity contribution in [3.8, 4) is 22.6 Å². The number of oxazole rings is 1. The zero-order valence-corrected chi connectivity index (χ0v) is 18.9. The number of nitrogens with one attached hydrogen (secondary N) is 2. The molecule has 1 amide bonds. The summed E-state index contributed by atoms with van der Waals surface area (Å²) in [6.07, 6.45) is 1.69. The van der Waals surface area contributed by atoms with E-state index in [0.717, 1.165) is 22.3 Å². The van der Waals surface area contributed by atoms with E-state index in [1.165, 1.54) is 0 Å². The molecule has 0 spiro atoms. The SMILES string of the molecule is O=C(NC(=S)NCc1ccc(-c2nc3ncccc3o2)cc1)c1ccc(-c2ccccc2)cc1. The second-order valence-corrected chi connectivity index (χ2v) is 8.03. The molecule has 0 saturated carbocycles. The summed E-state index contributed by atoms with van der Waals surface area (Å²) in [6, 6.07) is 28.9. The largest absolute Gasteiger partial charge is 0.434 e. The Morgan fingerprint density at radius 1 is 0.824 bits per heavy atom. The van der Waals surface area contributed by atoms with Gasteiger partial charge >= 0.3 is 0 Å². The lowest BCUT2D eigenvalue weighted by Gasteiger charge is -2.10. The summed E-state index contributed by atoms with van der Waals surface area (Å²) < 4.78 is 5.75. The van der Waals surface area contributed by atoms with Gasteiger partial charge in [0.15, 0.2) is 16.3 Å². The predicted octanol–water partition coefficient (Wildman–Crippen LogP) is 5.36. The minimum Gasteiger partial charge on any atom is -0.434 e. The molecule has 0 saturated heterocycles. The summed E-state index contributed by atoms with van der Waals surface area (Å²) in [5.41, 5.74) is 5.79. The Bertz CT molecular complexity index is 1410. The monoisotopic (exact) mass is 464 g/mol. The number of hydrogen-bond acceptors (Lipinski definition) is 5. The number of carbonyl (C=O) groups is 1. The molecule has 6 nitrogen and oxygen atoms in total. The molecule has 3 aromatic carbocycles. The minimum atomic E-state index is -0.253. The van der Waals surface area contributed by atoms with Gasteiger partial charge in [-0.05, 0) is 65.3 Å². The highest BCUT2D eigenvalue weighted by Gasteiger charge is 2.10. The fraction of sp³-hybridized carbons (Fsp3) is 0.0370. The highest BCUT2D eigenvalue weighted by Crippen LogP contribution is 2.23. The number of thiocarbonyl (C=S) groups is 1. The number of fused-ring (bicyclic) bond motifs is 1. The maximum Gasteiger partial charge on any atom is 0.257 e. The van der Waals surface area contributed by atoms with Gasteiger partial charge in [0.25, 0.3) is 5.91 Å². The van der Waals surface area contributed by atoms with Crippen LogP contribution < -0.4 is 10.6 Å². The third-order valence-electron chi connectivity index (χ3n) is 5.30. The molecule has 2 heterocycles. The first-order chi connectivity index (χ1) is 16.7. The maximum atomic E-state index is 12.5. The molecule has 0 aliphatic rings. The van der Waals surface area contributed by atoms with Crippen molar-refractivity contribution in [3.63, 3.8) is 0 Å². The van der Waals surface area contributed by atoms with Gasteiger partial charge in [0, 0.05) is 23.9 Å². The third-order valence-corrected chi connectivity index (χ3v) is 5.55. The second-order valence-electron chi connectivity index (χ2n) is 7.62. The molecule has 0 unspecified atom stereocenters. The van der Waals surface area contributed by atoms with Crippen LogP contribution in [0.15, 0.2) is 102 Å². The van der Waals surface area contributed by atoms with Gasteiger partial charge in [-0.15, -0.1) is 0 Å². The predicted molar refractivity (Wildman–Crippen MR) is 136 cm³/mol. The van der Waals surface area contributed by atoms with Crippen LogP contribution in [0.5, 0.6) is 0 Å². The molecule has 7 heteroatoms. The molecule has 0 bridgehead atoms. The molecule has 0 aliphatic heterocycles. The Balaban J connectivity index is 1.15. The first-order valence-electron chi connectivity index (χ1n) is 10.7. The van der Waals surface area contributed by atoms with E-state index in [9.17, 15) is 4.79 Å². The van der Waals surface area contributed by atoms with Crippen LogP contribution in [0.1, 0.15) is 15.9 Å². The lowest BCUT2D eigenvalue weighted by Crippen LogP contribution is -2.38. The second kappa shape index (κ2) is 9.64. The summed E-state index contributed by atoms with van der Waals surface area (Å²) in [7, 11) is 0. The van der Waals surface area contributed by atoms with E-state index in [4.69, 9.17) is 16.6 Å². The van der Waals surface area contributed by atoms with E-state index < -0.39 is 0 Å². The molecule has 2 N–H and O–H groups in total. The van der Waals surface area contributed by atoms with Crippen molar-refractivity contribution >= 4 is 34.5 Å². The number of hydrogen-bond donors (Lipinski definition) is 2. The van der Waals surface area contributed by atoms with Crippen LogP contribution in [0.2, 0.25) is 0 Å². The van der Waals surface area contributed by atoms with Gasteiger partial charge in [-0.25, -0.2) is 4.98 Å². The van der Waals surface area contributed by atoms with E-state index >= 15 is 0 Å². The Labute approximate surface area is 201 Å². The van der Waals surface area contributed by atoms with Gasteiger partial charge in [-0.1, -0.05) is 54.6 Å². The molecular formula is C27H20N4O2S. The van der Waals surface area contributed by atoms with Crippen LogP contribution in [-0.2, 0) is 6.54 Å². The highest BCUT2D eigenvalue weighted by molar-refractivity contribution is 7.80. The molecule has 0 atom stereocenters. The van der Waals surface area contributed by atoms with Crippen molar-refractivity contribution in [2.24, 2.45) is 0 Å². The van der Waals surface area contributed by atoms with Crippen LogP contribution in [-0.4, -0.2) is 21.0 Å². The summed E-state index contributed by atoms with van der Waals surface area (Å²) >= 11 is 5.30. The Morgan fingerprint density at radius 3 is 2.26 bits per heavy atom. The van der Waals surface area contributed by atoms with E-state index in [1.807, 2.05) is 78.9 Å². The van der Waals surface area contributed by atoms with E-state index in [0.29, 0.717) is 29.2 Å². The first kappa shape index (κ1) is 21.5. The minimum absolute atomic E-state index is 0.253. The van der Waals surface area contributed by atoms with Gasteiger partial charge in [0.1, 0.15) is 0 Å². The molecule has 5 aromatic rings. The lowest BCUT2D eigenvalue weighted by atomic mass is 10.0. The number of pyridine rings is 1. The number of amides is 1. The third kappa shape index (κ3) is 4.84. The number of aromatic nitrogens is 2. The topological polar surface area (TPSA) is 80.0 Å². The number of benzene rings is 3. The van der Waals surface area contributed by atoms with Crippen molar-refractivity contribution in [2.45, 2.75) is 6.54 Å². The van der Waals surface area contributed by atoms with Crippen molar-refractivity contribution in [1.82, 2.24) is 20.6 Å². The number of rotatable bonds is 5. The molecule has 0 radical (unpaired) electrons. The highest BCUT2D eigenvalue weighted by atomic mass is 32.1. The van der Waals surface area contributed by atoms with E-state index in [2.05, 4.69) is 20.6 Å². The Hall–Kier alpha value is -4.36. The summed E-state index contributed by atoms with van der Waals surface area (Å²) in [4.78, 5) is 21.1. The number of nitrogens with zero attached hydrogens (tertiary/aromatic N) is 2. The van der Waals surface area contributed by atoms with Crippen LogP contribution in [0.25, 0.3) is 33.8 Å². The van der Waals surface area contributed by atoms with Crippen LogP contribution in [0, 0.1) is 0 Å². The van der Waals surface area contributed by atoms with E-state index in [1.54, 1.807) is 18.3 Å². The lowest BCUT2D eigenvalue weighted by molar-refractivity contribution is 0.0976. The fourth-order valence-electron chi connectivity index (χ4n) is 3.50. The fourth-order valence-corrected chi connectivity index (χ4v) is 3.67. The number of carbonyl (C=O) groups excluding carboxylic acids is 1. The molecular weight excluding hydrogens is 444 g/mol. The normalized spacial score (nSPS) is 10.7. The van der Waals surface area contributed by atoms with Crippen molar-refractivity contribution < 1.29 is 9.21 Å². The average Bonchev–Trinajstić information content (AvgIpc) is 3.33. The molecule has 34 heavy (non-hydrogen) atoms. The molecule has 166 valence electrons. The van der Waals surface area contributed by atoms with Crippen molar-refractivity contribution in [2.75, 3.05) is 0 Å². The average molecular weight is 465 g/mol. The van der Waals surface area contributed by atoms with Crippen LogP contribution in [0.3, 0.4) is 0 Å². The quantitative estimate of drug-likeness (QED) is 0.341. The maximum absolute atomic E-state index is 12.5. The van der Waals surface area contributed by atoms with Gasteiger partial charge in [0.2, 0.25) is 5.89 Å². The zero-order chi connectivity index (χ0) is 23.3. The molecule has 0 aliphatic carbocycles. The van der Waals surface area contributed by atoms with Crippen LogP contribution >= 0.6 is 12.2 Å². The van der Waals surface area contributed by atoms with Crippen molar-refractivity contribution in [3.05, 3.63) is 108 Å². The summed E-state index contributed by atoms with van der Waals surface area (Å²) in [5.74, 6) is 0.270. The van der Waals surface area contributed by atoms with Gasteiger partial charge < -0.3 is 9.73 Å². The van der Waals surface area contributed by atoms with Crippen molar-refractivity contribution in [1.29, 1.82) is 0 Å². The van der Waals surface area contributed by atoms with Crippen LogP contribution in [0.4, 0.5) is 0 Å². The van der Waals surface area contributed by atoms with Gasteiger partial charge in [0.05, 0.1) is 0 Å².